The van der Waals surface area contributed by atoms with E-state index in [2.05, 4.69) is 21.3 Å². The maximum Gasteiger partial charge on any atom is 0.323 e. The standard InChI is InChI=1S/C26H34N4O5/c1-16(2)13-22(24(32)27-15-18(4)25(33)34)29-23(31)14-19-9-11-20(12-10-19)28-26(35)30-21-8-6-5-7-17(21)3/h5-12,16,18,22H,13-15H2,1-4H3,(H,27,32)(H,29,31)(H,33,34)(H2,28,30,35)/t18-,22-/m0/s1. The van der Waals surface area contributed by atoms with Crippen molar-refractivity contribution in [1.29, 1.82) is 0 Å². The molecule has 0 saturated heterocycles. The number of anilines is 2. The summed E-state index contributed by atoms with van der Waals surface area (Å²) in [5.74, 6) is -2.30. The van der Waals surface area contributed by atoms with Crippen molar-refractivity contribution in [2.24, 2.45) is 11.8 Å². The Morgan fingerprint density at radius 2 is 1.57 bits per heavy atom. The highest BCUT2D eigenvalue weighted by Crippen LogP contribution is 2.15. The zero-order valence-corrected chi connectivity index (χ0v) is 20.6. The third kappa shape index (κ3) is 9.48. The minimum atomic E-state index is -1.000. The normalized spacial score (nSPS) is 12.4. The number of carbonyl (C=O) groups excluding carboxylic acids is 3. The van der Waals surface area contributed by atoms with Crippen LogP contribution in [0.5, 0.6) is 0 Å². The van der Waals surface area contributed by atoms with Crippen LogP contribution in [0.4, 0.5) is 16.2 Å². The molecule has 5 N–H and O–H groups in total. The molecule has 2 aromatic rings. The minimum absolute atomic E-state index is 0.00941. The molecular formula is C26H34N4O5. The van der Waals surface area contributed by atoms with Crippen molar-refractivity contribution < 1.29 is 24.3 Å². The van der Waals surface area contributed by atoms with E-state index in [-0.39, 0.29) is 30.8 Å². The van der Waals surface area contributed by atoms with Gasteiger partial charge in [-0.2, -0.15) is 0 Å². The van der Waals surface area contributed by atoms with E-state index >= 15 is 0 Å². The monoisotopic (exact) mass is 482 g/mol. The topological polar surface area (TPSA) is 137 Å². The van der Waals surface area contributed by atoms with Crippen LogP contribution in [0, 0.1) is 18.8 Å². The first kappa shape index (κ1) is 27.4. The van der Waals surface area contributed by atoms with Gasteiger partial charge in [-0.1, -0.05) is 51.1 Å². The molecule has 35 heavy (non-hydrogen) atoms. The molecule has 9 heteroatoms. The zero-order valence-electron chi connectivity index (χ0n) is 20.6. The summed E-state index contributed by atoms with van der Waals surface area (Å²) >= 11 is 0. The molecule has 0 spiro atoms. The van der Waals surface area contributed by atoms with E-state index in [0.29, 0.717) is 12.1 Å². The van der Waals surface area contributed by atoms with Gasteiger partial charge in [-0.25, -0.2) is 4.79 Å². The Labute approximate surface area is 205 Å². The van der Waals surface area contributed by atoms with Gasteiger partial charge in [0.15, 0.2) is 0 Å². The molecule has 0 bridgehead atoms. The highest BCUT2D eigenvalue weighted by atomic mass is 16.4. The maximum absolute atomic E-state index is 12.6. The number of hydrogen-bond acceptors (Lipinski definition) is 4. The Bertz CT molecular complexity index is 1040. The number of aryl methyl sites for hydroxylation is 1. The number of urea groups is 1. The van der Waals surface area contributed by atoms with E-state index < -0.39 is 23.8 Å². The smallest absolute Gasteiger partial charge is 0.323 e. The van der Waals surface area contributed by atoms with E-state index in [4.69, 9.17) is 5.11 Å². The van der Waals surface area contributed by atoms with Crippen LogP contribution in [0.15, 0.2) is 48.5 Å². The molecule has 0 radical (unpaired) electrons. The van der Waals surface area contributed by atoms with Crippen molar-refractivity contribution in [2.75, 3.05) is 17.2 Å². The Morgan fingerprint density at radius 1 is 0.914 bits per heavy atom. The van der Waals surface area contributed by atoms with Gasteiger partial charge in [0.2, 0.25) is 11.8 Å². The molecular weight excluding hydrogens is 448 g/mol. The van der Waals surface area contributed by atoms with Gasteiger partial charge >= 0.3 is 12.0 Å². The van der Waals surface area contributed by atoms with E-state index in [1.54, 1.807) is 24.3 Å². The van der Waals surface area contributed by atoms with Crippen molar-refractivity contribution >= 4 is 35.2 Å². The van der Waals surface area contributed by atoms with Gasteiger partial charge in [-0.15, -0.1) is 0 Å². The molecule has 2 rings (SSSR count). The van der Waals surface area contributed by atoms with Crippen LogP contribution in [0.2, 0.25) is 0 Å². The third-order valence-electron chi connectivity index (χ3n) is 5.33. The molecule has 0 saturated carbocycles. The lowest BCUT2D eigenvalue weighted by atomic mass is 10.0. The second kappa shape index (κ2) is 13.1. The number of rotatable bonds is 11. The average molecular weight is 483 g/mol. The molecule has 188 valence electrons. The fourth-order valence-electron chi connectivity index (χ4n) is 3.30. The number of carboxylic acids is 1. The second-order valence-electron chi connectivity index (χ2n) is 9.00. The number of carbonyl (C=O) groups is 4. The van der Waals surface area contributed by atoms with E-state index in [0.717, 1.165) is 16.8 Å². The average Bonchev–Trinajstić information content (AvgIpc) is 2.79. The van der Waals surface area contributed by atoms with E-state index in [9.17, 15) is 19.2 Å². The van der Waals surface area contributed by atoms with Crippen LogP contribution in [0.3, 0.4) is 0 Å². The van der Waals surface area contributed by atoms with Crippen molar-refractivity contribution in [3.05, 3.63) is 59.7 Å². The molecule has 0 aromatic heterocycles. The fraction of sp³-hybridized carbons (Fsp3) is 0.385. The Hall–Kier alpha value is -3.88. The molecule has 0 unspecified atom stereocenters. The number of carboxylic acid groups (broad SMARTS) is 1. The highest BCUT2D eigenvalue weighted by Gasteiger charge is 2.23. The molecule has 2 atom stereocenters. The van der Waals surface area contributed by atoms with E-state index in [1.807, 2.05) is 45.0 Å². The van der Waals surface area contributed by atoms with Crippen LogP contribution >= 0.6 is 0 Å². The number of benzene rings is 2. The SMILES string of the molecule is Cc1ccccc1NC(=O)Nc1ccc(CC(=O)N[C@@H](CC(C)C)C(=O)NC[C@H](C)C(=O)O)cc1. The lowest BCUT2D eigenvalue weighted by Crippen LogP contribution is -2.49. The van der Waals surface area contributed by atoms with Crippen molar-refractivity contribution in [3.8, 4) is 0 Å². The predicted octanol–water partition coefficient (Wildman–Crippen LogP) is 3.55. The third-order valence-corrected chi connectivity index (χ3v) is 5.33. The molecule has 0 aliphatic rings. The first-order chi connectivity index (χ1) is 16.5. The number of amides is 4. The number of aliphatic carboxylic acids is 1. The Morgan fingerprint density at radius 3 is 2.17 bits per heavy atom. The number of para-hydroxylation sites is 1. The molecule has 0 fully saturated rings. The van der Waals surface area contributed by atoms with Crippen molar-refractivity contribution in [3.63, 3.8) is 0 Å². The van der Waals surface area contributed by atoms with Gasteiger partial charge < -0.3 is 26.4 Å². The summed E-state index contributed by atoms with van der Waals surface area (Å²) in [6.45, 7) is 7.27. The van der Waals surface area contributed by atoms with Crippen LogP contribution in [-0.2, 0) is 20.8 Å². The Kier molecular flexibility index (Phi) is 10.3. The van der Waals surface area contributed by atoms with Gasteiger partial charge in [-0.05, 0) is 48.6 Å². The summed E-state index contributed by atoms with van der Waals surface area (Å²) in [6.07, 6.45) is 0.487. The maximum atomic E-state index is 12.6. The van der Waals surface area contributed by atoms with Gasteiger partial charge in [0.25, 0.3) is 0 Å². The summed E-state index contributed by atoms with van der Waals surface area (Å²) in [6, 6.07) is 13.2. The summed E-state index contributed by atoms with van der Waals surface area (Å²) in [5.41, 5.74) is 2.96. The van der Waals surface area contributed by atoms with Gasteiger partial charge in [0.05, 0.1) is 12.3 Å². The minimum Gasteiger partial charge on any atom is -0.481 e. The van der Waals surface area contributed by atoms with Gasteiger partial charge in [-0.3, -0.25) is 14.4 Å². The first-order valence-electron chi connectivity index (χ1n) is 11.6. The summed E-state index contributed by atoms with van der Waals surface area (Å²) in [4.78, 5) is 48.3. The highest BCUT2D eigenvalue weighted by molar-refractivity contribution is 6.00. The summed E-state index contributed by atoms with van der Waals surface area (Å²) in [5, 5.41) is 19.9. The molecule has 0 heterocycles. The van der Waals surface area contributed by atoms with E-state index in [1.165, 1.54) is 6.92 Å². The molecule has 9 nitrogen and oxygen atoms in total. The van der Waals surface area contributed by atoms with Crippen LogP contribution in [-0.4, -0.2) is 41.5 Å². The Balaban J connectivity index is 1.90. The number of nitrogens with one attached hydrogen (secondary N) is 4. The van der Waals surface area contributed by atoms with Crippen molar-refractivity contribution in [2.45, 2.75) is 46.6 Å². The van der Waals surface area contributed by atoms with Crippen molar-refractivity contribution in [1.82, 2.24) is 10.6 Å². The summed E-state index contributed by atoms with van der Waals surface area (Å²) < 4.78 is 0. The summed E-state index contributed by atoms with van der Waals surface area (Å²) in [7, 11) is 0. The van der Waals surface area contributed by atoms with Crippen LogP contribution in [0.1, 0.15) is 38.3 Å². The fourth-order valence-corrected chi connectivity index (χ4v) is 3.30. The largest absolute Gasteiger partial charge is 0.481 e. The molecule has 0 aliphatic carbocycles. The molecule has 4 amide bonds. The second-order valence-corrected chi connectivity index (χ2v) is 9.00. The van der Waals surface area contributed by atoms with Crippen LogP contribution in [0.25, 0.3) is 0 Å². The number of hydrogen-bond donors (Lipinski definition) is 5. The van der Waals surface area contributed by atoms with Gasteiger partial charge in [0, 0.05) is 17.9 Å². The molecule has 0 aliphatic heterocycles. The first-order valence-corrected chi connectivity index (χ1v) is 11.6. The lowest BCUT2D eigenvalue weighted by molar-refractivity contribution is -0.141. The predicted molar refractivity (Wildman–Crippen MR) is 135 cm³/mol. The lowest BCUT2D eigenvalue weighted by Gasteiger charge is -2.21. The van der Waals surface area contributed by atoms with Gasteiger partial charge in [0.1, 0.15) is 6.04 Å². The zero-order chi connectivity index (χ0) is 26.0. The molecule has 2 aromatic carbocycles. The van der Waals surface area contributed by atoms with Crippen LogP contribution < -0.4 is 21.3 Å². The quantitative estimate of drug-likeness (QED) is 0.334.